The highest BCUT2D eigenvalue weighted by Crippen LogP contribution is 2.26. The number of rotatable bonds is 3. The van der Waals surface area contributed by atoms with Gasteiger partial charge in [0.1, 0.15) is 0 Å². The molecule has 0 atom stereocenters. The lowest BCUT2D eigenvalue weighted by atomic mass is 10.1. The first kappa shape index (κ1) is 16.7. The molecule has 1 aliphatic rings. The van der Waals surface area contributed by atoms with Crippen molar-refractivity contribution in [3.8, 4) is 0 Å². The zero-order valence-corrected chi connectivity index (χ0v) is 14.4. The van der Waals surface area contributed by atoms with E-state index >= 15 is 0 Å². The molecular weight excluding hydrogens is 334 g/mol. The summed E-state index contributed by atoms with van der Waals surface area (Å²) in [6.07, 6.45) is 0. The summed E-state index contributed by atoms with van der Waals surface area (Å²) in [4.78, 5) is 0.220. The maximum Gasteiger partial charge on any atom is 0.243 e. The fourth-order valence-electron chi connectivity index (χ4n) is 2.32. The van der Waals surface area contributed by atoms with Crippen LogP contribution in [0.2, 0.25) is 0 Å². The van der Waals surface area contributed by atoms with E-state index in [4.69, 9.17) is 11.6 Å². The number of aryl methyl sites for hydroxylation is 1. The van der Waals surface area contributed by atoms with Crippen LogP contribution in [0, 0.1) is 13.8 Å². The monoisotopic (exact) mass is 351 g/mol. The van der Waals surface area contributed by atoms with Gasteiger partial charge in [-0.15, -0.1) is 11.6 Å². The van der Waals surface area contributed by atoms with Crippen LogP contribution in [0.15, 0.2) is 17.0 Å². The van der Waals surface area contributed by atoms with Gasteiger partial charge in [-0.25, -0.2) is 16.8 Å². The van der Waals surface area contributed by atoms with Gasteiger partial charge in [0, 0.05) is 19.0 Å². The number of sulfonamides is 1. The summed E-state index contributed by atoms with van der Waals surface area (Å²) in [5, 5.41) is 0. The average molecular weight is 352 g/mol. The van der Waals surface area contributed by atoms with E-state index in [0.29, 0.717) is 5.56 Å². The molecule has 1 saturated heterocycles. The van der Waals surface area contributed by atoms with E-state index in [0.717, 1.165) is 11.1 Å². The Morgan fingerprint density at radius 2 is 1.76 bits per heavy atom. The number of benzene rings is 1. The second-order valence-electron chi connectivity index (χ2n) is 5.23. The zero-order valence-electron chi connectivity index (χ0n) is 12.0. The molecule has 0 N–H and O–H groups in total. The lowest BCUT2D eigenvalue weighted by Gasteiger charge is -2.27. The fourth-order valence-corrected chi connectivity index (χ4v) is 5.70. The van der Waals surface area contributed by atoms with Crippen molar-refractivity contribution in [3.63, 3.8) is 0 Å². The van der Waals surface area contributed by atoms with Gasteiger partial charge in [0.2, 0.25) is 10.0 Å². The summed E-state index contributed by atoms with van der Waals surface area (Å²) in [7, 11) is -6.80. The van der Waals surface area contributed by atoms with Crippen molar-refractivity contribution in [1.29, 1.82) is 0 Å². The Morgan fingerprint density at radius 3 is 2.29 bits per heavy atom. The second kappa shape index (κ2) is 5.87. The molecule has 0 bridgehead atoms. The summed E-state index contributed by atoms with van der Waals surface area (Å²) < 4.78 is 49.6. The van der Waals surface area contributed by atoms with E-state index in [1.54, 1.807) is 13.0 Å². The van der Waals surface area contributed by atoms with Crippen LogP contribution >= 0.6 is 11.6 Å². The van der Waals surface area contributed by atoms with Gasteiger partial charge in [-0.05, 0) is 36.6 Å². The van der Waals surface area contributed by atoms with Crippen LogP contribution in [0.1, 0.15) is 16.7 Å². The minimum absolute atomic E-state index is 0.00819. The number of hydrogen-bond donors (Lipinski definition) is 0. The summed E-state index contributed by atoms with van der Waals surface area (Å²) in [6.45, 7) is 3.61. The Balaban J connectivity index is 2.43. The second-order valence-corrected chi connectivity index (χ2v) is 9.70. The molecule has 1 heterocycles. The molecule has 118 valence electrons. The molecule has 1 aliphatic heterocycles. The summed E-state index contributed by atoms with van der Waals surface area (Å²) in [6, 6.07) is 3.44. The van der Waals surface area contributed by atoms with E-state index in [-0.39, 0.29) is 35.4 Å². The minimum Gasteiger partial charge on any atom is -0.229 e. The Kier molecular flexibility index (Phi) is 4.68. The van der Waals surface area contributed by atoms with Gasteiger partial charge < -0.3 is 0 Å². The molecule has 21 heavy (non-hydrogen) atoms. The van der Waals surface area contributed by atoms with Crippen molar-refractivity contribution in [3.05, 3.63) is 28.8 Å². The van der Waals surface area contributed by atoms with E-state index < -0.39 is 19.9 Å². The highest BCUT2D eigenvalue weighted by atomic mass is 35.5. The van der Waals surface area contributed by atoms with Crippen molar-refractivity contribution in [2.45, 2.75) is 24.6 Å². The Bertz CT molecular complexity index is 743. The maximum absolute atomic E-state index is 12.7. The topological polar surface area (TPSA) is 71.5 Å². The summed E-state index contributed by atoms with van der Waals surface area (Å²) in [5.74, 6) is -0.0169. The first-order chi connectivity index (χ1) is 9.67. The SMILES string of the molecule is Cc1cc(CCl)cc(S(=O)(=O)N2CCS(=O)(=O)CC2)c1C. The van der Waals surface area contributed by atoms with Gasteiger partial charge >= 0.3 is 0 Å². The largest absolute Gasteiger partial charge is 0.243 e. The van der Waals surface area contributed by atoms with E-state index in [9.17, 15) is 16.8 Å². The summed E-state index contributed by atoms with van der Waals surface area (Å²) in [5.41, 5.74) is 2.27. The van der Waals surface area contributed by atoms with E-state index in [2.05, 4.69) is 0 Å². The van der Waals surface area contributed by atoms with Gasteiger partial charge in [0.15, 0.2) is 9.84 Å². The number of nitrogens with zero attached hydrogens (tertiary/aromatic N) is 1. The third-order valence-electron chi connectivity index (χ3n) is 3.76. The quantitative estimate of drug-likeness (QED) is 0.773. The van der Waals surface area contributed by atoms with Crippen molar-refractivity contribution < 1.29 is 16.8 Å². The number of hydrogen-bond acceptors (Lipinski definition) is 4. The van der Waals surface area contributed by atoms with Gasteiger partial charge in [-0.2, -0.15) is 4.31 Å². The molecule has 0 saturated carbocycles. The Labute approximate surface area is 130 Å². The molecule has 5 nitrogen and oxygen atoms in total. The first-order valence-electron chi connectivity index (χ1n) is 6.54. The molecule has 0 aliphatic carbocycles. The van der Waals surface area contributed by atoms with Crippen LogP contribution in [-0.4, -0.2) is 45.7 Å². The third-order valence-corrected chi connectivity index (χ3v) is 7.70. The lowest BCUT2D eigenvalue weighted by molar-refractivity contribution is 0.430. The first-order valence-corrected chi connectivity index (χ1v) is 10.3. The van der Waals surface area contributed by atoms with Crippen LogP contribution in [0.3, 0.4) is 0 Å². The molecular formula is C13H18ClNO4S2. The molecule has 0 amide bonds. The van der Waals surface area contributed by atoms with Crippen molar-refractivity contribution in [2.24, 2.45) is 0 Å². The molecule has 0 spiro atoms. The molecule has 2 rings (SSSR count). The number of halogens is 1. The standard InChI is InChI=1S/C13H18ClNO4S2/c1-10-7-12(9-14)8-13(11(10)2)21(18,19)15-3-5-20(16,17)6-4-15/h7-8H,3-6,9H2,1-2H3. The van der Waals surface area contributed by atoms with Crippen LogP contribution in [0.4, 0.5) is 0 Å². The Morgan fingerprint density at radius 1 is 1.19 bits per heavy atom. The summed E-state index contributed by atoms with van der Waals surface area (Å²) >= 11 is 5.81. The minimum atomic E-state index is -3.69. The fraction of sp³-hybridized carbons (Fsp3) is 0.538. The normalized spacial score (nSPS) is 19.6. The number of alkyl halides is 1. The molecule has 1 aromatic carbocycles. The van der Waals surface area contributed by atoms with Crippen LogP contribution < -0.4 is 0 Å². The van der Waals surface area contributed by atoms with Gasteiger partial charge in [-0.3, -0.25) is 0 Å². The van der Waals surface area contributed by atoms with Crippen LogP contribution in [-0.2, 0) is 25.7 Å². The van der Waals surface area contributed by atoms with Crippen LogP contribution in [0.25, 0.3) is 0 Å². The predicted molar refractivity (Wildman–Crippen MR) is 82.9 cm³/mol. The van der Waals surface area contributed by atoms with Crippen molar-refractivity contribution in [2.75, 3.05) is 24.6 Å². The zero-order chi connectivity index (χ0) is 15.8. The molecule has 0 aromatic heterocycles. The lowest BCUT2D eigenvalue weighted by Crippen LogP contribution is -2.43. The van der Waals surface area contributed by atoms with Gasteiger partial charge in [-0.1, -0.05) is 6.07 Å². The van der Waals surface area contributed by atoms with Gasteiger partial charge in [0.25, 0.3) is 0 Å². The highest BCUT2D eigenvalue weighted by Gasteiger charge is 2.32. The van der Waals surface area contributed by atoms with Crippen LogP contribution in [0.5, 0.6) is 0 Å². The molecule has 0 radical (unpaired) electrons. The maximum atomic E-state index is 12.7. The smallest absolute Gasteiger partial charge is 0.229 e. The predicted octanol–water partition coefficient (Wildman–Crippen LogP) is 1.46. The molecule has 1 fully saturated rings. The third kappa shape index (κ3) is 3.41. The Hall–Kier alpha value is -0.630. The molecule has 8 heteroatoms. The highest BCUT2D eigenvalue weighted by molar-refractivity contribution is 7.92. The van der Waals surface area contributed by atoms with Crippen molar-refractivity contribution in [1.82, 2.24) is 4.31 Å². The van der Waals surface area contributed by atoms with Gasteiger partial charge in [0.05, 0.1) is 16.4 Å². The molecule has 1 aromatic rings. The average Bonchev–Trinajstić information content (AvgIpc) is 2.41. The number of sulfone groups is 1. The molecule has 0 unspecified atom stereocenters. The van der Waals surface area contributed by atoms with E-state index in [1.807, 2.05) is 13.0 Å². The van der Waals surface area contributed by atoms with E-state index in [1.165, 1.54) is 4.31 Å². The van der Waals surface area contributed by atoms with Crippen molar-refractivity contribution >= 4 is 31.5 Å².